The summed E-state index contributed by atoms with van der Waals surface area (Å²) in [7, 11) is 0. The van der Waals surface area contributed by atoms with Gasteiger partial charge in [-0.05, 0) is 48.5 Å². The van der Waals surface area contributed by atoms with Crippen molar-refractivity contribution in [1.82, 2.24) is 44.0 Å². The number of aromatic nitrogens is 9. The summed E-state index contributed by atoms with van der Waals surface area (Å²) in [6.07, 6.45) is 3.62. The summed E-state index contributed by atoms with van der Waals surface area (Å²) in [5.74, 6) is 4.70. The van der Waals surface area contributed by atoms with E-state index in [-0.39, 0.29) is 0 Å². The maximum atomic E-state index is 4.97. The lowest BCUT2D eigenvalue weighted by atomic mass is 10.2. The molecule has 0 aliphatic heterocycles. The van der Waals surface area contributed by atoms with E-state index in [4.69, 9.17) is 34.9 Å². The average molecular weight is 696 g/mol. The Hall–Kier alpha value is -7.65. The van der Waals surface area contributed by atoms with Crippen molar-refractivity contribution in [3.8, 4) is 68.6 Å². The first-order chi connectivity index (χ1) is 26.8. The Morgan fingerprint density at radius 3 is 1.07 bits per heavy atom. The molecule has 10 rings (SSSR count). The van der Waals surface area contributed by atoms with Gasteiger partial charge >= 0.3 is 0 Å². The second-order valence-electron chi connectivity index (χ2n) is 12.7. The Morgan fingerprint density at radius 2 is 0.667 bits per heavy atom. The molecule has 0 aliphatic carbocycles. The molecule has 0 saturated carbocycles. The third-order valence-electron chi connectivity index (χ3n) is 9.32. The molecule has 5 aromatic carbocycles. The van der Waals surface area contributed by atoms with Crippen LogP contribution in [0.15, 0.2) is 176 Å². The minimum absolute atomic E-state index is 0.507. The number of nitrogens with zero attached hydrogens (tertiary/aromatic N) is 9. The molecule has 9 nitrogen and oxygen atoms in total. The molecule has 0 saturated heterocycles. The van der Waals surface area contributed by atoms with Crippen molar-refractivity contribution < 1.29 is 0 Å². The summed E-state index contributed by atoms with van der Waals surface area (Å²) >= 11 is 0. The number of hydrogen-bond acceptors (Lipinski definition) is 7. The van der Waals surface area contributed by atoms with Gasteiger partial charge in [-0.25, -0.2) is 34.9 Å². The first-order valence-electron chi connectivity index (χ1n) is 17.6. The lowest BCUT2D eigenvalue weighted by Gasteiger charge is -2.11. The van der Waals surface area contributed by atoms with Crippen LogP contribution in [0.25, 0.3) is 90.6 Å². The number of imidazole rings is 2. The Balaban J connectivity index is 1.06. The average Bonchev–Trinajstić information content (AvgIpc) is 3.84. The standard InChI is InChI=1S/C45H29N9/c1-4-14-30(15-5-1)41-50-42(33-24-26-39(46-28-33)53-37-22-12-10-20-35(37)48-44(53)31-16-6-2-7-17-31)52-43(51-41)34-25-27-40(47-29-34)54-38-23-13-11-21-36(38)49-45(54)32-18-8-3-9-19-32/h1-29H. The molecule has 5 aromatic heterocycles. The second kappa shape index (κ2) is 13.2. The van der Waals surface area contributed by atoms with Gasteiger partial charge < -0.3 is 0 Å². The lowest BCUT2D eigenvalue weighted by Crippen LogP contribution is -2.03. The predicted molar refractivity (Wildman–Crippen MR) is 212 cm³/mol. The molecule has 0 bridgehead atoms. The van der Waals surface area contributed by atoms with E-state index < -0.39 is 0 Å². The fourth-order valence-corrected chi connectivity index (χ4v) is 6.73. The number of rotatable bonds is 7. The summed E-state index contributed by atoms with van der Waals surface area (Å²) in [5.41, 5.74) is 8.15. The quantitative estimate of drug-likeness (QED) is 0.164. The van der Waals surface area contributed by atoms with Crippen molar-refractivity contribution in [3.05, 3.63) is 176 Å². The van der Waals surface area contributed by atoms with E-state index in [9.17, 15) is 0 Å². The monoisotopic (exact) mass is 695 g/mol. The Bertz CT molecular complexity index is 2720. The van der Waals surface area contributed by atoms with Crippen LogP contribution in [-0.2, 0) is 0 Å². The van der Waals surface area contributed by atoms with Crippen LogP contribution < -0.4 is 0 Å². The number of hydrogen-bond donors (Lipinski definition) is 0. The first kappa shape index (κ1) is 31.1. The van der Waals surface area contributed by atoms with Crippen LogP contribution in [0.4, 0.5) is 0 Å². The normalized spacial score (nSPS) is 11.3. The van der Waals surface area contributed by atoms with Crippen molar-refractivity contribution in [1.29, 1.82) is 0 Å². The molecule has 0 fully saturated rings. The summed E-state index contributed by atoms with van der Waals surface area (Å²) in [6.45, 7) is 0. The molecule has 0 unspecified atom stereocenters. The zero-order chi connectivity index (χ0) is 35.8. The van der Waals surface area contributed by atoms with Crippen LogP contribution in [0.1, 0.15) is 0 Å². The number of para-hydroxylation sites is 4. The van der Waals surface area contributed by atoms with Gasteiger partial charge in [-0.2, -0.15) is 0 Å². The Morgan fingerprint density at radius 1 is 0.296 bits per heavy atom. The fraction of sp³-hybridized carbons (Fsp3) is 0. The van der Waals surface area contributed by atoms with E-state index in [0.717, 1.165) is 73.2 Å². The van der Waals surface area contributed by atoms with Crippen molar-refractivity contribution >= 4 is 22.1 Å². The zero-order valence-corrected chi connectivity index (χ0v) is 28.8. The van der Waals surface area contributed by atoms with E-state index in [0.29, 0.717) is 17.5 Å². The summed E-state index contributed by atoms with van der Waals surface area (Å²) < 4.78 is 4.17. The minimum atomic E-state index is 0.507. The molecular weight excluding hydrogens is 667 g/mol. The highest BCUT2D eigenvalue weighted by Crippen LogP contribution is 2.31. The smallest absolute Gasteiger partial charge is 0.165 e. The molecule has 0 N–H and O–H groups in total. The van der Waals surface area contributed by atoms with Crippen molar-refractivity contribution in [2.45, 2.75) is 0 Å². The van der Waals surface area contributed by atoms with Gasteiger partial charge in [-0.15, -0.1) is 0 Å². The number of fused-ring (bicyclic) bond motifs is 2. The Labute approximate surface area is 310 Å². The van der Waals surface area contributed by atoms with E-state index in [2.05, 4.69) is 45.5 Å². The van der Waals surface area contributed by atoms with Crippen LogP contribution >= 0.6 is 0 Å². The lowest BCUT2D eigenvalue weighted by molar-refractivity contribution is 1.02. The van der Waals surface area contributed by atoms with Crippen molar-refractivity contribution in [2.75, 3.05) is 0 Å². The Kier molecular flexibility index (Phi) is 7.58. The largest absolute Gasteiger partial charge is 0.276 e. The molecule has 9 heteroatoms. The molecular formula is C45H29N9. The maximum absolute atomic E-state index is 4.97. The molecule has 0 atom stereocenters. The van der Waals surface area contributed by atoms with Crippen molar-refractivity contribution in [3.63, 3.8) is 0 Å². The van der Waals surface area contributed by atoms with E-state index in [1.54, 1.807) is 0 Å². The van der Waals surface area contributed by atoms with Gasteiger partial charge in [-0.1, -0.05) is 115 Å². The summed E-state index contributed by atoms with van der Waals surface area (Å²) in [5, 5.41) is 0. The molecule has 0 radical (unpaired) electrons. The number of benzene rings is 5. The molecule has 254 valence electrons. The van der Waals surface area contributed by atoms with E-state index >= 15 is 0 Å². The summed E-state index contributed by atoms with van der Waals surface area (Å²) in [6, 6.07) is 54.4. The highest BCUT2D eigenvalue weighted by Gasteiger charge is 2.18. The highest BCUT2D eigenvalue weighted by atomic mass is 15.1. The molecule has 10 aromatic rings. The van der Waals surface area contributed by atoms with Gasteiger partial charge in [0.2, 0.25) is 0 Å². The van der Waals surface area contributed by atoms with Gasteiger partial charge in [0.05, 0.1) is 22.1 Å². The van der Waals surface area contributed by atoms with Gasteiger partial charge in [0.25, 0.3) is 0 Å². The fourth-order valence-electron chi connectivity index (χ4n) is 6.73. The predicted octanol–water partition coefficient (Wildman–Crippen LogP) is 9.67. The van der Waals surface area contributed by atoms with Crippen LogP contribution in [0.3, 0.4) is 0 Å². The molecule has 54 heavy (non-hydrogen) atoms. The third-order valence-corrected chi connectivity index (χ3v) is 9.32. The highest BCUT2D eigenvalue weighted by molar-refractivity contribution is 5.84. The molecule has 0 spiro atoms. The van der Waals surface area contributed by atoms with Gasteiger partial charge in [0, 0.05) is 40.2 Å². The van der Waals surface area contributed by atoms with Crippen LogP contribution in [0, 0.1) is 0 Å². The SMILES string of the molecule is c1ccc(-c2nc(-c3ccc(-n4c(-c5ccccc5)nc5ccccc54)nc3)nc(-c3ccc(-n4c(-c5ccccc5)nc5ccccc54)nc3)n2)cc1. The van der Waals surface area contributed by atoms with E-state index in [1.165, 1.54) is 0 Å². The van der Waals surface area contributed by atoms with E-state index in [1.807, 2.05) is 140 Å². The minimum Gasteiger partial charge on any atom is -0.276 e. The van der Waals surface area contributed by atoms with Crippen LogP contribution in [0.5, 0.6) is 0 Å². The number of pyridine rings is 2. The van der Waals surface area contributed by atoms with Gasteiger partial charge in [0.15, 0.2) is 17.5 Å². The topological polar surface area (TPSA) is 100 Å². The first-order valence-corrected chi connectivity index (χ1v) is 17.6. The summed E-state index contributed by atoms with van der Waals surface area (Å²) in [4.78, 5) is 34.6. The molecule has 0 aliphatic rings. The van der Waals surface area contributed by atoms with Crippen molar-refractivity contribution in [2.24, 2.45) is 0 Å². The molecule has 0 amide bonds. The molecule has 5 heterocycles. The van der Waals surface area contributed by atoms with Crippen LogP contribution in [0.2, 0.25) is 0 Å². The second-order valence-corrected chi connectivity index (χ2v) is 12.7. The zero-order valence-electron chi connectivity index (χ0n) is 28.8. The van der Waals surface area contributed by atoms with Gasteiger partial charge in [-0.3, -0.25) is 9.13 Å². The maximum Gasteiger partial charge on any atom is 0.165 e. The van der Waals surface area contributed by atoms with Gasteiger partial charge in [0.1, 0.15) is 23.3 Å². The van der Waals surface area contributed by atoms with Crippen LogP contribution in [-0.4, -0.2) is 44.0 Å². The third kappa shape index (κ3) is 5.57.